The van der Waals surface area contributed by atoms with Gasteiger partial charge in [0.25, 0.3) is 17.4 Å². The number of H-pyrrole nitrogens is 1. The first-order valence-corrected chi connectivity index (χ1v) is 32.8. The van der Waals surface area contributed by atoms with E-state index in [0.717, 1.165) is 63.4 Å². The molecule has 2 aliphatic carbocycles. The number of rotatable bonds is 18. The van der Waals surface area contributed by atoms with Gasteiger partial charge >= 0.3 is 6.09 Å². The number of methoxy groups -OCH3 is 1. The Hall–Kier alpha value is -7.91. The number of ether oxygens (including phenoxy) is 4. The van der Waals surface area contributed by atoms with Crippen LogP contribution in [0.4, 0.5) is 9.18 Å². The van der Waals surface area contributed by atoms with E-state index < -0.39 is 40.5 Å². The Morgan fingerprint density at radius 1 is 0.791 bits per heavy atom. The molecule has 7 aliphatic rings. The van der Waals surface area contributed by atoms with Gasteiger partial charge < -0.3 is 43.9 Å². The highest BCUT2D eigenvalue weighted by atomic mass is 19.1. The van der Waals surface area contributed by atoms with Crippen LogP contribution in [-0.4, -0.2) is 191 Å². The lowest BCUT2D eigenvalue weighted by molar-refractivity contribution is -0.203. The van der Waals surface area contributed by atoms with E-state index in [1.807, 2.05) is 53.1 Å². The molecule has 2 N–H and O–H groups in total. The maximum atomic E-state index is 15.3. The van der Waals surface area contributed by atoms with Gasteiger partial charge in [-0.05, 0) is 139 Å². The summed E-state index contributed by atoms with van der Waals surface area (Å²) in [5.74, 6) is -0.452. The van der Waals surface area contributed by atoms with E-state index in [-0.39, 0.29) is 79.2 Å². The van der Waals surface area contributed by atoms with Crippen LogP contribution in [0.2, 0.25) is 0 Å². The molecule has 2 atom stereocenters. The molecule has 7 fully saturated rings. The van der Waals surface area contributed by atoms with E-state index >= 15 is 4.39 Å². The van der Waals surface area contributed by atoms with Gasteiger partial charge in [-0.3, -0.25) is 38.6 Å². The highest BCUT2D eigenvalue weighted by molar-refractivity contribution is 5.98. The molecule has 486 valence electrons. The van der Waals surface area contributed by atoms with Crippen molar-refractivity contribution in [2.75, 3.05) is 98.9 Å². The topological polar surface area (TPSA) is 217 Å². The van der Waals surface area contributed by atoms with Gasteiger partial charge in [-0.25, -0.2) is 14.3 Å². The molecular formula is C70H88FN9O11. The summed E-state index contributed by atoms with van der Waals surface area (Å²) in [5, 5.41) is 11.2. The zero-order chi connectivity index (χ0) is 64.0. The zero-order valence-corrected chi connectivity index (χ0v) is 53.4. The number of piperidine rings is 1. The first kappa shape index (κ1) is 64.6. The molecule has 20 nitrogen and oxygen atoms in total. The smallest absolute Gasteiger partial charge is 0.411 e. The number of carbonyl (C=O) groups excluding carboxylic acids is 6. The summed E-state index contributed by atoms with van der Waals surface area (Å²) in [5.41, 5.74) is 1.23. The number of likely N-dealkylation sites (tertiary alicyclic amines) is 1. The van der Waals surface area contributed by atoms with Gasteiger partial charge in [0.1, 0.15) is 35.5 Å². The van der Waals surface area contributed by atoms with Crippen molar-refractivity contribution in [2.24, 2.45) is 11.3 Å². The van der Waals surface area contributed by atoms with Crippen molar-refractivity contribution in [3.05, 3.63) is 135 Å². The largest absolute Gasteiger partial charge is 0.497 e. The number of piperazine rings is 2. The molecule has 4 aromatic carbocycles. The van der Waals surface area contributed by atoms with Gasteiger partial charge in [0.2, 0.25) is 17.7 Å². The van der Waals surface area contributed by atoms with Gasteiger partial charge in [-0.15, -0.1) is 0 Å². The van der Waals surface area contributed by atoms with Crippen molar-refractivity contribution < 1.29 is 52.1 Å². The first-order chi connectivity index (χ1) is 43.8. The molecule has 21 heteroatoms. The molecule has 6 amide bonds. The number of halogens is 1. The van der Waals surface area contributed by atoms with E-state index in [9.17, 15) is 33.6 Å². The van der Waals surface area contributed by atoms with E-state index in [1.165, 1.54) is 11.0 Å². The minimum absolute atomic E-state index is 0.0141. The van der Waals surface area contributed by atoms with E-state index in [1.54, 1.807) is 80.1 Å². The van der Waals surface area contributed by atoms with Gasteiger partial charge in [0.15, 0.2) is 0 Å². The second-order valence-electron chi connectivity index (χ2n) is 26.9. The molecule has 12 rings (SSSR count). The van der Waals surface area contributed by atoms with Gasteiger partial charge in [0.05, 0.1) is 54.5 Å². The quantitative estimate of drug-likeness (QED) is 0.0845. The van der Waals surface area contributed by atoms with Crippen molar-refractivity contribution >= 4 is 46.4 Å². The standard InChI is InChI=1S/C70H88FN9O11/c1-6-89-59-41-53(88-5)23-22-52(59)43-80(67(87)91-68(2,3)4)44-60(81)79-29-13-18-51(42-79)49-16-12-17-50(40-49)62(82)72-61(48-14-8-7-9-15-48)65(85)77-32-30-75(31-33-77)45-70-27-25-69(26-28-70,46-90-70)66(86)78-36-34-76(35-37-78)64(84)56-38-47(21-24-57(56)71)39-58-54-19-10-11-20-55(54)63(83)74-73-58/h10-12,16-17,19-24,38,40-41,48,51,61H,6-9,13-15,18,25-37,39,42-46H2,1-5H3,(H,72,82)(H,74,83)/t51?,61-,69?,70?/m1/s1. The lowest BCUT2D eigenvalue weighted by Gasteiger charge is -2.55. The predicted octanol–water partition coefficient (Wildman–Crippen LogP) is 8.34. The Bertz CT molecular complexity index is 3520. The molecule has 91 heavy (non-hydrogen) atoms. The third-order valence-corrected chi connectivity index (χ3v) is 19.7. The van der Waals surface area contributed by atoms with Crippen LogP contribution in [0.15, 0.2) is 89.7 Å². The highest BCUT2D eigenvalue weighted by Gasteiger charge is 2.55. The van der Waals surface area contributed by atoms with E-state index in [0.29, 0.717) is 130 Å². The van der Waals surface area contributed by atoms with Crippen LogP contribution >= 0.6 is 0 Å². The average molecular weight is 1250 g/mol. The molecule has 1 aromatic heterocycles. The van der Waals surface area contributed by atoms with Crippen LogP contribution in [0.1, 0.15) is 147 Å². The minimum atomic E-state index is -0.788. The Kier molecular flexibility index (Phi) is 19.8. The Balaban J connectivity index is 0.658. The summed E-state index contributed by atoms with van der Waals surface area (Å²) in [6, 6.07) is 23.9. The van der Waals surface area contributed by atoms with Gasteiger partial charge in [-0.1, -0.05) is 55.7 Å². The van der Waals surface area contributed by atoms with Crippen LogP contribution in [-0.2, 0) is 36.8 Å². The van der Waals surface area contributed by atoms with Gasteiger partial charge in [-0.2, -0.15) is 5.10 Å². The molecule has 5 saturated heterocycles. The number of carbonyl (C=O) groups is 6. The molecule has 0 radical (unpaired) electrons. The highest BCUT2D eigenvalue weighted by Crippen LogP contribution is 2.50. The van der Waals surface area contributed by atoms with Crippen LogP contribution in [0.3, 0.4) is 0 Å². The van der Waals surface area contributed by atoms with Crippen molar-refractivity contribution in [3.8, 4) is 11.5 Å². The van der Waals surface area contributed by atoms with Crippen LogP contribution in [0, 0.1) is 17.2 Å². The number of hydrogen-bond acceptors (Lipinski definition) is 13. The molecule has 5 aromatic rings. The summed E-state index contributed by atoms with van der Waals surface area (Å²) in [4.78, 5) is 109. The van der Waals surface area contributed by atoms with Crippen molar-refractivity contribution in [1.29, 1.82) is 0 Å². The number of benzene rings is 4. The van der Waals surface area contributed by atoms with Crippen LogP contribution in [0.25, 0.3) is 10.8 Å². The van der Waals surface area contributed by atoms with Gasteiger partial charge in [0, 0.05) is 107 Å². The second-order valence-corrected chi connectivity index (χ2v) is 26.9. The Labute approximate surface area is 532 Å². The molecular weight excluding hydrogens is 1160 g/mol. The molecule has 1 unspecified atom stereocenters. The Morgan fingerprint density at radius 3 is 2.22 bits per heavy atom. The second kappa shape index (κ2) is 27.9. The number of amides is 6. The zero-order valence-electron chi connectivity index (χ0n) is 53.4. The van der Waals surface area contributed by atoms with Crippen LogP contribution in [0.5, 0.6) is 11.5 Å². The molecule has 5 aliphatic heterocycles. The predicted molar refractivity (Wildman–Crippen MR) is 340 cm³/mol. The summed E-state index contributed by atoms with van der Waals surface area (Å²) >= 11 is 0. The SMILES string of the molecule is CCOc1cc(OC)ccc1CN(CC(=O)N1CCCC(c2cccc(C(=O)N[C@@H](C(=O)N3CCN(CC45CCC(C(=O)N6CCN(C(=O)c7cc(Cc8n[nH]c(=O)c9ccccc89)ccc7F)CC6)(CC4)CO5)CC3)C3CCCCC3)c2)C1)C(=O)OC(C)(C)C. The number of hydrogen-bond donors (Lipinski definition) is 2. The number of nitrogens with zero attached hydrogens (tertiary/aromatic N) is 7. The maximum absolute atomic E-state index is 15.3. The first-order valence-electron chi connectivity index (χ1n) is 32.8. The number of fused-ring (bicyclic) bond motifs is 4. The molecule has 0 spiro atoms. The molecule has 6 heterocycles. The number of aromatic nitrogens is 2. The van der Waals surface area contributed by atoms with E-state index in [2.05, 4.69) is 20.4 Å². The normalized spacial score (nSPS) is 21.9. The summed E-state index contributed by atoms with van der Waals surface area (Å²) < 4.78 is 39.2. The molecule has 2 bridgehead atoms. The lowest BCUT2D eigenvalue weighted by Crippen LogP contribution is -2.64. The van der Waals surface area contributed by atoms with Crippen molar-refractivity contribution in [2.45, 2.75) is 134 Å². The average Bonchev–Trinajstić information content (AvgIpc) is 0.785. The van der Waals surface area contributed by atoms with Crippen LogP contribution < -0.4 is 20.3 Å². The third-order valence-electron chi connectivity index (χ3n) is 19.7. The summed E-state index contributed by atoms with van der Waals surface area (Å²) in [7, 11) is 1.57. The van der Waals surface area contributed by atoms with Crippen molar-refractivity contribution in [3.63, 3.8) is 0 Å². The lowest BCUT2D eigenvalue weighted by atomic mass is 9.65. The summed E-state index contributed by atoms with van der Waals surface area (Å²) in [6.07, 6.45) is 8.92. The maximum Gasteiger partial charge on any atom is 0.411 e. The fourth-order valence-electron chi connectivity index (χ4n) is 14.5. The minimum Gasteiger partial charge on any atom is -0.497 e. The number of aromatic amines is 1. The summed E-state index contributed by atoms with van der Waals surface area (Å²) in [6.45, 7) is 13.1. The monoisotopic (exact) mass is 1250 g/mol. The fourth-order valence-corrected chi connectivity index (χ4v) is 14.5. The van der Waals surface area contributed by atoms with E-state index in [4.69, 9.17) is 18.9 Å². The number of nitrogens with one attached hydrogen (secondary N) is 2. The molecule has 2 saturated carbocycles. The third kappa shape index (κ3) is 14.9. The van der Waals surface area contributed by atoms with Crippen molar-refractivity contribution in [1.82, 2.24) is 44.9 Å². The fraction of sp³-hybridized carbons (Fsp3) is 0.543. The Morgan fingerprint density at radius 2 is 1.52 bits per heavy atom.